The first-order chi connectivity index (χ1) is 28.2. The number of carbonyl (C=O) groups is 2. The van der Waals surface area contributed by atoms with Gasteiger partial charge in [-0.2, -0.15) is 10.2 Å². The molecule has 8 saturated carbocycles. The summed E-state index contributed by atoms with van der Waals surface area (Å²) in [6.45, 7) is 19.0. The lowest BCUT2D eigenvalue weighted by Gasteiger charge is -2.61. The van der Waals surface area contributed by atoms with Crippen molar-refractivity contribution in [2.75, 3.05) is 0 Å². The smallest absolute Gasteiger partial charge is 0.157 e. The van der Waals surface area contributed by atoms with Gasteiger partial charge in [0.1, 0.15) is 0 Å². The lowest BCUT2D eigenvalue weighted by molar-refractivity contribution is -0.151. The first kappa shape index (κ1) is 43.0. The molecular weight excluding hydrogens is 745 g/mol. The summed E-state index contributed by atoms with van der Waals surface area (Å²) in [5.41, 5.74) is 2.44. The molecule has 8 fully saturated rings. The summed E-state index contributed by atoms with van der Waals surface area (Å²) in [7, 11) is 0. The normalized spacial score (nSPS) is 48.0. The van der Waals surface area contributed by atoms with E-state index in [0.717, 1.165) is 73.3 Å². The highest BCUT2D eigenvalue weighted by Crippen LogP contribution is 2.70. The van der Waals surface area contributed by atoms with E-state index in [-0.39, 0.29) is 22.7 Å². The zero-order valence-corrected chi connectivity index (χ0v) is 38.7. The van der Waals surface area contributed by atoms with Crippen molar-refractivity contribution in [1.82, 2.24) is 19.6 Å². The van der Waals surface area contributed by atoms with Crippen LogP contribution in [0.15, 0.2) is 24.8 Å². The summed E-state index contributed by atoms with van der Waals surface area (Å²) in [5.74, 6) is 7.06. The number of aliphatic hydroxyl groups is 2. The number of fused-ring (bicyclic) bond motifs is 10. The van der Waals surface area contributed by atoms with Crippen LogP contribution in [0, 0.1) is 94.7 Å². The molecule has 0 aliphatic heterocycles. The standard InChI is InChI=1S/2C26H40N2O2/c2*1-17-14-27-28(15-17)16-23(29)22-8-7-20-19-6-5-18-13-24(2,30)11-12-25(18,3)21(19)9-10-26(20,22)4/h2*14-15,18-22,30H,5-13,16H2,1-4H3/t18-,19+,20+,21+,22-,24-,25+,26+;18-,19-,20-,21-,22+,24-,25-,26-/m10/s1. The topological polar surface area (TPSA) is 110 Å². The van der Waals surface area contributed by atoms with Gasteiger partial charge in [-0.25, -0.2) is 0 Å². The Morgan fingerprint density at radius 2 is 0.917 bits per heavy atom. The molecule has 2 aromatic heterocycles. The number of ketones is 2. The summed E-state index contributed by atoms with van der Waals surface area (Å²) in [6.07, 6.45) is 28.6. The van der Waals surface area contributed by atoms with Crippen LogP contribution < -0.4 is 0 Å². The van der Waals surface area contributed by atoms with E-state index in [1.165, 1.54) is 77.0 Å². The quantitative estimate of drug-likeness (QED) is 0.300. The summed E-state index contributed by atoms with van der Waals surface area (Å²) in [6, 6.07) is 0. The van der Waals surface area contributed by atoms with E-state index in [9.17, 15) is 19.8 Å². The molecule has 332 valence electrons. The van der Waals surface area contributed by atoms with E-state index in [0.29, 0.717) is 59.2 Å². The van der Waals surface area contributed by atoms with Gasteiger partial charge in [0.15, 0.2) is 11.6 Å². The van der Waals surface area contributed by atoms with E-state index in [2.05, 4.69) is 37.9 Å². The van der Waals surface area contributed by atoms with Crippen molar-refractivity contribution in [3.05, 3.63) is 35.9 Å². The Bertz CT molecular complexity index is 1790. The number of hydrogen-bond acceptors (Lipinski definition) is 6. The molecule has 10 rings (SSSR count). The summed E-state index contributed by atoms with van der Waals surface area (Å²) in [5, 5.41) is 30.1. The molecular formula is C52H80N4O4. The molecule has 2 N–H and O–H groups in total. The molecule has 8 aliphatic rings. The Morgan fingerprint density at radius 1 is 0.533 bits per heavy atom. The first-order valence-electron chi connectivity index (χ1n) is 24.7. The predicted octanol–water partition coefficient (Wildman–Crippen LogP) is 10.3. The lowest BCUT2D eigenvalue weighted by atomic mass is 9.44. The molecule has 2 heterocycles. The Morgan fingerprint density at radius 3 is 1.28 bits per heavy atom. The largest absolute Gasteiger partial charge is 0.390 e. The van der Waals surface area contributed by atoms with Crippen molar-refractivity contribution >= 4 is 11.6 Å². The number of carbonyl (C=O) groups excluding carboxylic acids is 2. The highest BCUT2D eigenvalue weighted by Gasteiger charge is 2.63. The molecule has 0 spiro atoms. The highest BCUT2D eigenvalue weighted by molar-refractivity contribution is 5.82. The van der Waals surface area contributed by atoms with E-state index in [1.807, 2.05) is 61.8 Å². The van der Waals surface area contributed by atoms with Crippen molar-refractivity contribution in [2.45, 2.75) is 195 Å². The molecule has 16 atom stereocenters. The average Bonchev–Trinajstić information content (AvgIpc) is 3.97. The second-order valence-electron chi connectivity index (χ2n) is 24.4. The van der Waals surface area contributed by atoms with Crippen molar-refractivity contribution in [1.29, 1.82) is 0 Å². The van der Waals surface area contributed by atoms with Gasteiger partial charge >= 0.3 is 0 Å². The zero-order chi connectivity index (χ0) is 42.6. The minimum Gasteiger partial charge on any atom is -0.390 e. The Hall–Kier alpha value is -2.32. The molecule has 8 aliphatic carbocycles. The van der Waals surface area contributed by atoms with E-state index in [4.69, 9.17) is 0 Å². The molecule has 0 amide bonds. The first-order valence-corrected chi connectivity index (χ1v) is 24.7. The molecule has 0 saturated heterocycles. The maximum atomic E-state index is 13.3. The van der Waals surface area contributed by atoms with Gasteiger partial charge in [-0.15, -0.1) is 0 Å². The SMILES string of the molecule is Cc1cnn(CC(=O)[C@H]2CC[C@H]3[C@@H]4CC[C@@H]5C[C@](C)(O)CC[C@]5(C)[C@H]4CC[C@]23C)c1.Cc1cnn(CC(=O)[C@H]2CC[C@H]3[C@@H]4CC[C@H]5C[C@@](C)(O)CC[C@]5(C)[C@H]4CC[C@]23C)c1. The Balaban J connectivity index is 0.000000154. The van der Waals surface area contributed by atoms with Crippen LogP contribution in [0.2, 0.25) is 0 Å². The van der Waals surface area contributed by atoms with Crippen LogP contribution >= 0.6 is 0 Å². The second kappa shape index (κ2) is 15.2. The zero-order valence-electron chi connectivity index (χ0n) is 38.7. The molecule has 8 nitrogen and oxygen atoms in total. The van der Waals surface area contributed by atoms with Crippen LogP contribution in [-0.4, -0.2) is 52.5 Å². The van der Waals surface area contributed by atoms with E-state index < -0.39 is 11.2 Å². The lowest BCUT2D eigenvalue weighted by Crippen LogP contribution is -2.55. The molecule has 0 radical (unpaired) electrons. The molecule has 0 aromatic carbocycles. The van der Waals surface area contributed by atoms with Crippen molar-refractivity contribution in [3.8, 4) is 0 Å². The van der Waals surface area contributed by atoms with Gasteiger partial charge in [-0.3, -0.25) is 19.0 Å². The third-order valence-electron chi connectivity index (χ3n) is 20.8. The molecule has 8 heteroatoms. The minimum atomic E-state index is -0.462. The summed E-state index contributed by atoms with van der Waals surface area (Å²) >= 11 is 0. The third-order valence-corrected chi connectivity index (χ3v) is 20.8. The van der Waals surface area contributed by atoms with Crippen LogP contribution in [0.4, 0.5) is 0 Å². The van der Waals surface area contributed by atoms with Gasteiger partial charge in [-0.05, 0) is 223 Å². The Kier molecular flexibility index (Phi) is 10.8. The number of Topliss-reactive ketones (excluding diaryl/α,β-unsaturated/α-hetero) is 2. The summed E-state index contributed by atoms with van der Waals surface area (Å²) in [4.78, 5) is 26.6. The fourth-order valence-corrected chi connectivity index (χ4v) is 17.6. The van der Waals surface area contributed by atoms with Gasteiger partial charge in [0.2, 0.25) is 0 Å². The van der Waals surface area contributed by atoms with Gasteiger partial charge in [0.25, 0.3) is 0 Å². The fraction of sp³-hybridized carbons (Fsp3) is 0.846. The van der Waals surface area contributed by atoms with E-state index >= 15 is 0 Å². The molecule has 0 unspecified atom stereocenters. The van der Waals surface area contributed by atoms with Gasteiger partial charge in [-0.1, -0.05) is 27.7 Å². The van der Waals surface area contributed by atoms with Crippen LogP contribution in [0.1, 0.15) is 168 Å². The highest BCUT2D eigenvalue weighted by atomic mass is 16.3. The maximum absolute atomic E-state index is 13.3. The number of rotatable bonds is 6. The number of nitrogens with zero attached hydrogens (tertiary/aromatic N) is 4. The van der Waals surface area contributed by atoms with Crippen molar-refractivity contribution < 1.29 is 19.8 Å². The molecule has 60 heavy (non-hydrogen) atoms. The second-order valence-corrected chi connectivity index (χ2v) is 24.4. The van der Waals surface area contributed by atoms with Crippen molar-refractivity contribution in [2.24, 2.45) is 80.8 Å². The predicted molar refractivity (Wildman–Crippen MR) is 236 cm³/mol. The maximum Gasteiger partial charge on any atom is 0.157 e. The monoisotopic (exact) mass is 825 g/mol. The van der Waals surface area contributed by atoms with E-state index in [1.54, 1.807) is 0 Å². The number of aromatic nitrogens is 4. The van der Waals surface area contributed by atoms with Gasteiger partial charge in [0.05, 0.1) is 36.7 Å². The van der Waals surface area contributed by atoms with Crippen LogP contribution in [0.25, 0.3) is 0 Å². The van der Waals surface area contributed by atoms with Crippen LogP contribution in [0.3, 0.4) is 0 Å². The average molecular weight is 825 g/mol. The summed E-state index contributed by atoms with van der Waals surface area (Å²) < 4.78 is 3.67. The van der Waals surface area contributed by atoms with Crippen LogP contribution in [0.5, 0.6) is 0 Å². The number of aryl methyl sites for hydroxylation is 2. The third kappa shape index (κ3) is 7.24. The number of hydrogen-bond donors (Lipinski definition) is 2. The Labute approximate surface area is 361 Å². The van der Waals surface area contributed by atoms with Crippen LogP contribution in [-0.2, 0) is 22.7 Å². The van der Waals surface area contributed by atoms with Gasteiger partial charge < -0.3 is 10.2 Å². The van der Waals surface area contributed by atoms with Gasteiger partial charge in [0, 0.05) is 24.2 Å². The fourth-order valence-electron chi connectivity index (χ4n) is 17.6. The van der Waals surface area contributed by atoms with Crippen molar-refractivity contribution in [3.63, 3.8) is 0 Å². The minimum absolute atomic E-state index is 0.170. The molecule has 0 bridgehead atoms. The molecule has 2 aromatic rings.